The van der Waals surface area contributed by atoms with Gasteiger partial charge < -0.3 is 14.4 Å². The minimum Gasteiger partial charge on any atom is -0.488 e. The van der Waals surface area contributed by atoms with E-state index in [0.29, 0.717) is 17.9 Å². The van der Waals surface area contributed by atoms with Crippen LogP contribution in [0.5, 0.6) is 5.75 Å². The third-order valence-corrected chi connectivity index (χ3v) is 5.66. The average Bonchev–Trinajstić information content (AvgIpc) is 3.16. The Hall–Kier alpha value is -3.34. The van der Waals surface area contributed by atoms with Gasteiger partial charge in [-0.1, -0.05) is 49.7 Å². The van der Waals surface area contributed by atoms with E-state index in [1.54, 1.807) is 0 Å². The molecule has 154 valence electrons. The van der Waals surface area contributed by atoms with Crippen LogP contribution in [0.4, 0.5) is 0 Å². The van der Waals surface area contributed by atoms with Gasteiger partial charge in [0.25, 0.3) is 0 Å². The molecular weight excluding hydrogens is 376 g/mol. The molecule has 0 aliphatic carbocycles. The smallest absolute Gasteiger partial charge is 0.328 e. The number of carboxylic acids is 1. The van der Waals surface area contributed by atoms with Crippen molar-refractivity contribution >= 4 is 11.5 Å². The topological polar surface area (TPSA) is 64.4 Å². The molecule has 2 aromatic carbocycles. The Kier molecular flexibility index (Phi) is 5.70. The zero-order valence-electron chi connectivity index (χ0n) is 17.3. The summed E-state index contributed by atoms with van der Waals surface area (Å²) in [5, 5.41) is 9.45. The molecular formula is C25H26N2O3. The highest BCUT2D eigenvalue weighted by Gasteiger charge is 2.22. The normalized spacial score (nSPS) is 15.1. The number of fused-ring (bicyclic) bond motifs is 2. The highest BCUT2D eigenvalue weighted by atomic mass is 16.5. The highest BCUT2D eigenvalue weighted by molar-refractivity contribution is 5.97. The fourth-order valence-corrected chi connectivity index (χ4v) is 4.01. The summed E-state index contributed by atoms with van der Waals surface area (Å²) in [5.41, 5.74) is 4.46. The summed E-state index contributed by atoms with van der Waals surface area (Å²) < 4.78 is 8.34. The fraction of sp³-hybridized carbons (Fsp3) is 0.280. The minimum atomic E-state index is -0.968. The van der Waals surface area contributed by atoms with Gasteiger partial charge in [0.2, 0.25) is 0 Å². The molecule has 30 heavy (non-hydrogen) atoms. The Labute approximate surface area is 176 Å². The number of nitrogens with zero attached hydrogens (tertiary/aromatic N) is 2. The van der Waals surface area contributed by atoms with E-state index in [0.717, 1.165) is 47.3 Å². The Morgan fingerprint density at radius 1 is 1.27 bits per heavy atom. The molecule has 0 saturated heterocycles. The zero-order chi connectivity index (χ0) is 21.1. The zero-order valence-corrected chi connectivity index (χ0v) is 17.3. The maximum Gasteiger partial charge on any atom is 0.328 e. The Balaban J connectivity index is 1.74. The number of benzene rings is 2. The second kappa shape index (κ2) is 8.57. The maximum atomic E-state index is 11.5. The van der Waals surface area contributed by atoms with Crippen molar-refractivity contribution < 1.29 is 14.6 Å². The summed E-state index contributed by atoms with van der Waals surface area (Å²) in [7, 11) is 0. The molecule has 1 aliphatic heterocycles. The third kappa shape index (κ3) is 3.88. The van der Waals surface area contributed by atoms with Gasteiger partial charge in [-0.3, -0.25) is 0 Å². The summed E-state index contributed by atoms with van der Waals surface area (Å²) in [6.45, 7) is 4.74. The van der Waals surface area contributed by atoms with Crippen molar-refractivity contribution in [2.45, 2.75) is 45.8 Å². The molecule has 0 spiro atoms. The van der Waals surface area contributed by atoms with E-state index < -0.39 is 5.97 Å². The monoisotopic (exact) mass is 402 g/mol. The van der Waals surface area contributed by atoms with Crippen LogP contribution in [0.25, 0.3) is 5.57 Å². The van der Waals surface area contributed by atoms with Gasteiger partial charge >= 0.3 is 5.97 Å². The van der Waals surface area contributed by atoms with Crippen molar-refractivity contribution in [3.05, 3.63) is 89.0 Å². The Bertz CT molecular complexity index is 1100. The maximum absolute atomic E-state index is 11.5. The number of rotatable bonds is 6. The number of hydrogen-bond donors (Lipinski definition) is 1. The van der Waals surface area contributed by atoms with Gasteiger partial charge in [-0.15, -0.1) is 0 Å². The average molecular weight is 402 g/mol. The molecule has 5 heteroatoms. The molecule has 1 aliphatic rings. The van der Waals surface area contributed by atoms with Crippen molar-refractivity contribution in [2.75, 3.05) is 0 Å². The molecule has 5 nitrogen and oxygen atoms in total. The predicted molar refractivity (Wildman–Crippen MR) is 117 cm³/mol. The number of carbonyl (C=O) groups is 1. The van der Waals surface area contributed by atoms with Crippen molar-refractivity contribution in [3.63, 3.8) is 0 Å². The number of imidazole rings is 1. The molecule has 2 heterocycles. The molecule has 0 radical (unpaired) electrons. The van der Waals surface area contributed by atoms with Crippen LogP contribution in [0.2, 0.25) is 0 Å². The van der Waals surface area contributed by atoms with Crippen molar-refractivity contribution in [3.8, 4) is 5.75 Å². The Morgan fingerprint density at radius 2 is 2.10 bits per heavy atom. The molecule has 1 aromatic heterocycles. The van der Waals surface area contributed by atoms with Crippen LogP contribution in [0.3, 0.4) is 0 Å². The van der Waals surface area contributed by atoms with Crippen LogP contribution >= 0.6 is 0 Å². The number of aromatic nitrogens is 2. The van der Waals surface area contributed by atoms with E-state index in [4.69, 9.17) is 4.74 Å². The third-order valence-electron chi connectivity index (χ3n) is 5.66. The lowest BCUT2D eigenvalue weighted by atomic mass is 9.92. The molecule has 0 fully saturated rings. The van der Waals surface area contributed by atoms with Gasteiger partial charge in [0.15, 0.2) is 0 Å². The van der Waals surface area contributed by atoms with Gasteiger partial charge in [0.1, 0.15) is 18.2 Å². The van der Waals surface area contributed by atoms with Crippen LogP contribution in [0, 0.1) is 0 Å². The summed E-state index contributed by atoms with van der Waals surface area (Å²) in [6.07, 6.45) is 8.34. The van der Waals surface area contributed by atoms with Crippen LogP contribution in [-0.2, 0) is 17.8 Å². The van der Waals surface area contributed by atoms with Crippen molar-refractivity contribution in [1.29, 1.82) is 0 Å². The van der Waals surface area contributed by atoms with Gasteiger partial charge in [0.05, 0.1) is 6.04 Å². The Morgan fingerprint density at radius 3 is 2.90 bits per heavy atom. The molecule has 0 amide bonds. The standard InChI is InChI=1S/C25H26N2O3/c1-3-4-9-24-26-12-13-27(24)17(2)18-10-11-21-22(15-25(28)29)20-8-6-5-7-19(20)16-30-23(21)14-18/h5-8,10-15,17H,3-4,9,16H2,1-2H3,(H,28,29)/b22-15-. The molecule has 0 saturated carbocycles. The number of ether oxygens (including phenoxy) is 1. The second-order valence-electron chi connectivity index (χ2n) is 7.63. The molecule has 0 bridgehead atoms. The lowest BCUT2D eigenvalue weighted by Gasteiger charge is -2.19. The van der Waals surface area contributed by atoms with E-state index in [1.165, 1.54) is 6.08 Å². The molecule has 1 atom stereocenters. The second-order valence-corrected chi connectivity index (χ2v) is 7.63. The molecule has 4 rings (SSSR count). The largest absolute Gasteiger partial charge is 0.488 e. The van der Waals surface area contributed by atoms with Crippen molar-refractivity contribution in [2.24, 2.45) is 0 Å². The first-order valence-electron chi connectivity index (χ1n) is 10.4. The quantitative estimate of drug-likeness (QED) is 0.573. The van der Waals surface area contributed by atoms with E-state index >= 15 is 0 Å². The minimum absolute atomic E-state index is 0.103. The summed E-state index contributed by atoms with van der Waals surface area (Å²) in [6, 6.07) is 14.0. The summed E-state index contributed by atoms with van der Waals surface area (Å²) in [4.78, 5) is 16.1. The first-order valence-corrected chi connectivity index (χ1v) is 10.4. The van der Waals surface area contributed by atoms with Crippen molar-refractivity contribution in [1.82, 2.24) is 9.55 Å². The fourth-order valence-electron chi connectivity index (χ4n) is 4.01. The van der Waals surface area contributed by atoms with Gasteiger partial charge in [0, 0.05) is 36.0 Å². The van der Waals surface area contributed by atoms with E-state index in [2.05, 4.69) is 29.5 Å². The van der Waals surface area contributed by atoms with Gasteiger partial charge in [-0.05, 0) is 36.1 Å². The molecule has 1 unspecified atom stereocenters. The van der Waals surface area contributed by atoms with Gasteiger partial charge in [-0.25, -0.2) is 9.78 Å². The van der Waals surface area contributed by atoms with Crippen LogP contribution < -0.4 is 4.74 Å². The van der Waals surface area contributed by atoms with Crippen LogP contribution in [-0.4, -0.2) is 20.6 Å². The number of unbranched alkanes of at least 4 members (excludes halogenated alkanes) is 1. The lowest BCUT2D eigenvalue weighted by Crippen LogP contribution is -2.10. The number of carboxylic acid groups (broad SMARTS) is 1. The number of aliphatic carboxylic acids is 1. The lowest BCUT2D eigenvalue weighted by molar-refractivity contribution is -0.131. The number of hydrogen-bond acceptors (Lipinski definition) is 3. The van der Waals surface area contributed by atoms with Crippen LogP contribution in [0.15, 0.2) is 60.9 Å². The first-order chi connectivity index (χ1) is 14.6. The van der Waals surface area contributed by atoms with E-state index in [-0.39, 0.29) is 6.04 Å². The summed E-state index contributed by atoms with van der Waals surface area (Å²) >= 11 is 0. The van der Waals surface area contributed by atoms with Gasteiger partial charge in [-0.2, -0.15) is 0 Å². The van der Waals surface area contributed by atoms with E-state index in [1.807, 2.05) is 48.8 Å². The molecule has 1 N–H and O–H groups in total. The van der Waals surface area contributed by atoms with Crippen LogP contribution in [0.1, 0.15) is 60.8 Å². The number of aryl methyl sites for hydroxylation is 1. The summed E-state index contributed by atoms with van der Waals surface area (Å²) in [5.74, 6) is 0.821. The molecule has 3 aromatic rings. The SMILES string of the molecule is CCCCc1nccn1C(C)c1ccc2c(c1)OCc1ccccc1/C2=C/C(=O)O. The predicted octanol–water partition coefficient (Wildman–Crippen LogP) is 5.24. The first kappa shape index (κ1) is 20.0. The van der Waals surface area contributed by atoms with E-state index in [9.17, 15) is 9.90 Å². The highest BCUT2D eigenvalue weighted by Crippen LogP contribution is 2.38.